The summed E-state index contributed by atoms with van der Waals surface area (Å²) in [6.07, 6.45) is 0. The maximum Gasteiger partial charge on any atom is 0.261 e. The Morgan fingerprint density at radius 2 is 1.88 bits per heavy atom. The van der Waals surface area contributed by atoms with Gasteiger partial charge in [0, 0.05) is 12.6 Å². The van der Waals surface area contributed by atoms with E-state index >= 15 is 0 Å². The zero-order valence-electron chi connectivity index (χ0n) is 14.3. The number of nitrogens with zero attached hydrogens (tertiary/aromatic N) is 1. The Morgan fingerprint density at radius 1 is 1.20 bits per heavy atom. The third-order valence-electron chi connectivity index (χ3n) is 4.29. The number of benzene rings is 2. The minimum Gasteiger partial charge on any atom is -0.346 e. The van der Waals surface area contributed by atoms with E-state index in [-0.39, 0.29) is 17.5 Å². The van der Waals surface area contributed by atoms with E-state index in [2.05, 4.69) is 10.3 Å². The van der Waals surface area contributed by atoms with Crippen molar-refractivity contribution < 1.29 is 4.79 Å². The van der Waals surface area contributed by atoms with Gasteiger partial charge >= 0.3 is 0 Å². The standard InChI is InChI=1S/C19H19N3O2S/c1-11-4-6-13(7-5-11)12(2)20-17(23)14-8-9-15-16(10-14)21-19(25)22(3)18(15)24/h4-10,12H,1-3H3,(H,20,23)(H,21,25). The minimum absolute atomic E-state index is 0.120. The lowest BCUT2D eigenvalue weighted by Crippen LogP contribution is -2.27. The second-order valence-electron chi connectivity index (χ2n) is 6.16. The van der Waals surface area contributed by atoms with Crippen molar-refractivity contribution in [3.05, 3.63) is 74.3 Å². The summed E-state index contributed by atoms with van der Waals surface area (Å²) in [5.74, 6) is -0.199. The van der Waals surface area contributed by atoms with Crippen LogP contribution in [0.5, 0.6) is 0 Å². The normalized spacial score (nSPS) is 12.1. The maximum absolute atomic E-state index is 12.5. The molecule has 0 aliphatic heterocycles. The molecule has 128 valence electrons. The second kappa shape index (κ2) is 6.64. The van der Waals surface area contributed by atoms with Gasteiger partial charge in [-0.05, 0) is 49.8 Å². The smallest absolute Gasteiger partial charge is 0.261 e. The van der Waals surface area contributed by atoms with Gasteiger partial charge in [-0.15, -0.1) is 0 Å². The van der Waals surface area contributed by atoms with Gasteiger partial charge in [0.05, 0.1) is 16.9 Å². The van der Waals surface area contributed by atoms with Crippen molar-refractivity contribution >= 4 is 29.0 Å². The van der Waals surface area contributed by atoms with Crippen molar-refractivity contribution in [2.75, 3.05) is 0 Å². The first-order chi connectivity index (χ1) is 11.9. The molecular formula is C19H19N3O2S. The predicted molar refractivity (Wildman–Crippen MR) is 101 cm³/mol. The highest BCUT2D eigenvalue weighted by Gasteiger charge is 2.13. The molecule has 0 aliphatic rings. The number of nitrogens with one attached hydrogen (secondary N) is 2. The number of hydrogen-bond acceptors (Lipinski definition) is 3. The Bertz CT molecular complexity index is 1060. The second-order valence-corrected chi connectivity index (χ2v) is 6.55. The summed E-state index contributed by atoms with van der Waals surface area (Å²) in [7, 11) is 1.62. The Morgan fingerprint density at radius 3 is 2.56 bits per heavy atom. The summed E-state index contributed by atoms with van der Waals surface area (Å²) in [4.78, 5) is 27.7. The van der Waals surface area contributed by atoms with Gasteiger partial charge < -0.3 is 10.3 Å². The SMILES string of the molecule is Cc1ccc(C(C)NC(=O)c2ccc3c(=O)n(C)c(=S)[nH]c3c2)cc1. The summed E-state index contributed by atoms with van der Waals surface area (Å²) in [6.45, 7) is 3.96. The van der Waals surface area contributed by atoms with E-state index < -0.39 is 0 Å². The summed E-state index contributed by atoms with van der Waals surface area (Å²) in [6, 6.07) is 12.9. The highest BCUT2D eigenvalue weighted by Crippen LogP contribution is 2.15. The molecule has 3 rings (SSSR count). The topological polar surface area (TPSA) is 66.9 Å². The minimum atomic E-state index is -0.199. The van der Waals surface area contributed by atoms with Crippen LogP contribution in [-0.4, -0.2) is 15.5 Å². The lowest BCUT2D eigenvalue weighted by molar-refractivity contribution is 0.0940. The van der Waals surface area contributed by atoms with Gasteiger partial charge in [0.2, 0.25) is 0 Å². The molecule has 5 nitrogen and oxygen atoms in total. The largest absolute Gasteiger partial charge is 0.346 e. The van der Waals surface area contributed by atoms with Crippen LogP contribution in [0, 0.1) is 11.7 Å². The van der Waals surface area contributed by atoms with Crippen molar-refractivity contribution in [3.8, 4) is 0 Å². The van der Waals surface area contributed by atoms with Gasteiger partial charge in [0.1, 0.15) is 0 Å². The summed E-state index contributed by atoms with van der Waals surface area (Å²) < 4.78 is 1.69. The van der Waals surface area contributed by atoms with Gasteiger partial charge in [-0.25, -0.2) is 0 Å². The van der Waals surface area contributed by atoms with E-state index in [0.29, 0.717) is 21.2 Å². The molecule has 0 spiro atoms. The van der Waals surface area contributed by atoms with Crippen molar-refractivity contribution in [3.63, 3.8) is 0 Å². The number of aryl methyl sites for hydroxylation is 1. The Kier molecular flexibility index (Phi) is 4.55. The van der Waals surface area contributed by atoms with E-state index in [1.807, 2.05) is 38.1 Å². The average molecular weight is 353 g/mol. The van der Waals surface area contributed by atoms with E-state index in [0.717, 1.165) is 5.56 Å². The highest BCUT2D eigenvalue weighted by molar-refractivity contribution is 7.71. The molecule has 2 aromatic carbocycles. The van der Waals surface area contributed by atoms with Crippen LogP contribution < -0.4 is 10.9 Å². The molecule has 3 aromatic rings. The van der Waals surface area contributed by atoms with Crippen molar-refractivity contribution in [2.45, 2.75) is 19.9 Å². The zero-order chi connectivity index (χ0) is 18.1. The third-order valence-corrected chi connectivity index (χ3v) is 4.66. The molecule has 1 atom stereocenters. The molecule has 0 aliphatic carbocycles. The molecule has 0 radical (unpaired) electrons. The van der Waals surface area contributed by atoms with Crippen LogP contribution in [-0.2, 0) is 7.05 Å². The van der Waals surface area contributed by atoms with Crippen molar-refractivity contribution in [2.24, 2.45) is 7.05 Å². The van der Waals surface area contributed by atoms with Gasteiger partial charge in [-0.2, -0.15) is 0 Å². The number of H-pyrrole nitrogens is 1. The molecule has 25 heavy (non-hydrogen) atoms. The highest BCUT2D eigenvalue weighted by atomic mass is 32.1. The molecule has 2 N–H and O–H groups in total. The monoisotopic (exact) mass is 353 g/mol. The molecule has 0 saturated heterocycles. The van der Waals surface area contributed by atoms with E-state index in [4.69, 9.17) is 12.2 Å². The zero-order valence-corrected chi connectivity index (χ0v) is 15.1. The lowest BCUT2D eigenvalue weighted by Gasteiger charge is -2.15. The Hall–Kier alpha value is -2.73. The van der Waals surface area contributed by atoms with E-state index in [1.165, 1.54) is 10.1 Å². The van der Waals surface area contributed by atoms with Crippen molar-refractivity contribution in [1.82, 2.24) is 14.9 Å². The maximum atomic E-state index is 12.5. The summed E-state index contributed by atoms with van der Waals surface area (Å²) in [5, 5.41) is 3.47. The summed E-state index contributed by atoms with van der Waals surface area (Å²) in [5.41, 5.74) is 3.06. The number of aromatic nitrogens is 2. The molecule has 0 bridgehead atoms. The van der Waals surface area contributed by atoms with E-state index in [1.54, 1.807) is 25.2 Å². The Labute approximate surface area is 150 Å². The van der Waals surface area contributed by atoms with Gasteiger partial charge in [0.25, 0.3) is 11.5 Å². The fourth-order valence-corrected chi connectivity index (χ4v) is 2.86. The lowest BCUT2D eigenvalue weighted by atomic mass is 10.1. The number of fused-ring (bicyclic) bond motifs is 1. The number of carbonyl (C=O) groups excluding carboxylic acids is 1. The summed E-state index contributed by atoms with van der Waals surface area (Å²) >= 11 is 5.13. The fourth-order valence-electron chi connectivity index (χ4n) is 2.67. The molecule has 6 heteroatoms. The molecule has 1 heterocycles. The fraction of sp³-hybridized carbons (Fsp3) is 0.211. The predicted octanol–water partition coefficient (Wildman–Crippen LogP) is 3.40. The number of amides is 1. The number of carbonyl (C=O) groups is 1. The average Bonchev–Trinajstić information content (AvgIpc) is 2.59. The molecule has 0 saturated carbocycles. The first-order valence-corrected chi connectivity index (χ1v) is 8.38. The third kappa shape index (κ3) is 3.39. The van der Waals surface area contributed by atoms with Crippen LogP contribution in [0.1, 0.15) is 34.5 Å². The quantitative estimate of drug-likeness (QED) is 0.709. The van der Waals surface area contributed by atoms with E-state index in [9.17, 15) is 9.59 Å². The van der Waals surface area contributed by atoms with Crippen LogP contribution in [0.15, 0.2) is 47.3 Å². The van der Waals surface area contributed by atoms with Gasteiger partial charge in [-0.1, -0.05) is 29.8 Å². The molecule has 1 unspecified atom stereocenters. The van der Waals surface area contributed by atoms with Gasteiger partial charge in [-0.3, -0.25) is 14.2 Å². The van der Waals surface area contributed by atoms with Crippen LogP contribution in [0.25, 0.3) is 10.9 Å². The number of aromatic amines is 1. The first-order valence-electron chi connectivity index (χ1n) is 7.97. The molecule has 0 fully saturated rings. The molecular weight excluding hydrogens is 334 g/mol. The number of rotatable bonds is 3. The van der Waals surface area contributed by atoms with Crippen molar-refractivity contribution in [1.29, 1.82) is 0 Å². The molecule has 1 amide bonds. The van der Waals surface area contributed by atoms with Crippen LogP contribution in [0.2, 0.25) is 0 Å². The Balaban J connectivity index is 1.89. The van der Waals surface area contributed by atoms with Crippen LogP contribution >= 0.6 is 12.2 Å². The van der Waals surface area contributed by atoms with Crippen LogP contribution in [0.4, 0.5) is 0 Å². The van der Waals surface area contributed by atoms with Gasteiger partial charge in [0.15, 0.2) is 4.77 Å². The molecule has 1 aromatic heterocycles. The first kappa shape index (κ1) is 17.1. The van der Waals surface area contributed by atoms with Crippen LogP contribution in [0.3, 0.4) is 0 Å². The number of hydrogen-bond donors (Lipinski definition) is 2.